The van der Waals surface area contributed by atoms with Crippen molar-refractivity contribution in [2.75, 3.05) is 0 Å². The van der Waals surface area contributed by atoms with Crippen molar-refractivity contribution in [2.45, 2.75) is 77.6 Å². The van der Waals surface area contributed by atoms with E-state index in [4.69, 9.17) is 10.2 Å². The lowest BCUT2D eigenvalue weighted by molar-refractivity contribution is -0.154. The molecule has 0 amide bonds. The van der Waals surface area contributed by atoms with Crippen molar-refractivity contribution < 1.29 is 19.8 Å². The molecule has 0 saturated carbocycles. The Morgan fingerprint density at radius 3 is 1.68 bits per heavy atom. The van der Waals surface area contributed by atoms with Gasteiger partial charge in [0.1, 0.15) is 0 Å². The molecule has 0 aliphatic rings. The van der Waals surface area contributed by atoms with Gasteiger partial charge in [-0.15, -0.1) is 0 Å². The van der Waals surface area contributed by atoms with E-state index >= 15 is 0 Å². The molecule has 0 saturated heterocycles. The largest absolute Gasteiger partial charge is 0.481 e. The second-order valence-electron chi connectivity index (χ2n) is 6.25. The van der Waals surface area contributed by atoms with Gasteiger partial charge in [0.05, 0.1) is 0 Å². The first-order chi connectivity index (χ1) is 12.1. The molecule has 0 rings (SSSR count). The first kappa shape index (κ1) is 23.2. The van der Waals surface area contributed by atoms with Gasteiger partial charge in [-0.1, -0.05) is 69.1 Å². The summed E-state index contributed by atoms with van der Waals surface area (Å²) in [5, 5.41) is 17.5. The van der Waals surface area contributed by atoms with Crippen LogP contribution in [-0.2, 0) is 9.59 Å². The van der Waals surface area contributed by atoms with E-state index in [0.717, 1.165) is 32.1 Å². The molecule has 0 radical (unpaired) electrons. The SMILES string of the molecule is CCCCC/C=C/C/C=C/C/C=C/CCCCCC(C(=O)O)C(=O)O. The Balaban J connectivity index is 3.53. The molecular weight excluding hydrogens is 316 g/mol. The summed E-state index contributed by atoms with van der Waals surface area (Å²) in [5.74, 6) is -3.74. The molecule has 4 heteroatoms. The average molecular weight is 350 g/mol. The quantitative estimate of drug-likeness (QED) is 0.211. The Kier molecular flexibility index (Phi) is 15.7. The van der Waals surface area contributed by atoms with Crippen LogP contribution in [0.25, 0.3) is 0 Å². The summed E-state index contributed by atoms with van der Waals surface area (Å²) in [6.07, 6.45) is 23.7. The van der Waals surface area contributed by atoms with Crippen molar-refractivity contribution in [3.8, 4) is 0 Å². The van der Waals surface area contributed by atoms with Crippen molar-refractivity contribution in [1.29, 1.82) is 0 Å². The van der Waals surface area contributed by atoms with E-state index in [-0.39, 0.29) is 6.42 Å². The molecule has 25 heavy (non-hydrogen) atoms. The van der Waals surface area contributed by atoms with Crippen LogP contribution in [0.4, 0.5) is 0 Å². The molecule has 0 heterocycles. The fourth-order valence-electron chi connectivity index (χ4n) is 2.43. The van der Waals surface area contributed by atoms with Gasteiger partial charge in [0, 0.05) is 0 Å². The molecule has 0 spiro atoms. The van der Waals surface area contributed by atoms with Crippen molar-refractivity contribution in [1.82, 2.24) is 0 Å². The van der Waals surface area contributed by atoms with Gasteiger partial charge in [-0.25, -0.2) is 0 Å². The number of hydrogen-bond donors (Lipinski definition) is 2. The van der Waals surface area contributed by atoms with Crippen molar-refractivity contribution in [3.05, 3.63) is 36.5 Å². The number of carboxylic acids is 2. The summed E-state index contributed by atoms with van der Waals surface area (Å²) in [6.45, 7) is 2.22. The van der Waals surface area contributed by atoms with Crippen LogP contribution in [0.3, 0.4) is 0 Å². The van der Waals surface area contributed by atoms with Crippen LogP contribution in [0, 0.1) is 5.92 Å². The number of hydrogen-bond acceptors (Lipinski definition) is 2. The fraction of sp³-hybridized carbons (Fsp3) is 0.619. The summed E-state index contributed by atoms with van der Waals surface area (Å²) in [5.41, 5.74) is 0. The standard InChI is InChI=1S/C21H34O4/c1-2-3-4-5-6-7-8-9-10-11-12-13-14-15-16-17-18-19(20(22)23)21(24)25/h6-7,9-10,12-13,19H,2-5,8,11,14-18H2,1H3,(H,22,23)(H,24,25)/b7-6+,10-9+,13-12+. The van der Waals surface area contributed by atoms with E-state index in [1.807, 2.05) is 0 Å². The van der Waals surface area contributed by atoms with Gasteiger partial charge in [0.2, 0.25) is 0 Å². The molecular formula is C21H34O4. The maximum absolute atomic E-state index is 10.7. The predicted molar refractivity (Wildman–Crippen MR) is 103 cm³/mol. The normalized spacial score (nSPS) is 12.1. The lowest BCUT2D eigenvalue weighted by Crippen LogP contribution is -2.23. The van der Waals surface area contributed by atoms with E-state index in [2.05, 4.69) is 43.4 Å². The van der Waals surface area contributed by atoms with Gasteiger partial charge in [0.15, 0.2) is 5.92 Å². The van der Waals surface area contributed by atoms with Crippen molar-refractivity contribution >= 4 is 11.9 Å². The number of carbonyl (C=O) groups is 2. The zero-order valence-corrected chi connectivity index (χ0v) is 15.5. The fourth-order valence-corrected chi connectivity index (χ4v) is 2.43. The molecule has 0 aliphatic heterocycles. The van der Waals surface area contributed by atoms with Crippen LogP contribution in [0.5, 0.6) is 0 Å². The molecule has 142 valence electrons. The topological polar surface area (TPSA) is 74.6 Å². The molecule has 0 aliphatic carbocycles. The number of aliphatic carboxylic acids is 2. The summed E-state index contributed by atoms with van der Waals surface area (Å²) >= 11 is 0. The lowest BCUT2D eigenvalue weighted by atomic mass is 10.0. The summed E-state index contributed by atoms with van der Waals surface area (Å²) in [4.78, 5) is 21.5. The van der Waals surface area contributed by atoms with Gasteiger partial charge in [-0.3, -0.25) is 9.59 Å². The highest BCUT2D eigenvalue weighted by Crippen LogP contribution is 2.12. The molecule has 0 aromatic heterocycles. The Labute approximate surface area is 152 Å². The molecule has 0 aromatic carbocycles. The maximum Gasteiger partial charge on any atom is 0.317 e. The lowest BCUT2D eigenvalue weighted by Gasteiger charge is -2.06. The summed E-state index contributed by atoms with van der Waals surface area (Å²) in [6, 6.07) is 0. The van der Waals surface area contributed by atoms with E-state index in [0.29, 0.717) is 6.42 Å². The van der Waals surface area contributed by atoms with Crippen LogP contribution in [0.1, 0.15) is 77.6 Å². The molecule has 0 atom stereocenters. The molecule has 2 N–H and O–H groups in total. The second kappa shape index (κ2) is 17.0. The Morgan fingerprint density at radius 1 is 0.720 bits per heavy atom. The number of allylic oxidation sites excluding steroid dienone is 6. The van der Waals surface area contributed by atoms with E-state index in [9.17, 15) is 9.59 Å². The van der Waals surface area contributed by atoms with Crippen LogP contribution in [0.15, 0.2) is 36.5 Å². The van der Waals surface area contributed by atoms with Crippen LogP contribution in [-0.4, -0.2) is 22.2 Å². The third kappa shape index (κ3) is 15.4. The molecule has 0 bridgehead atoms. The number of unbranched alkanes of at least 4 members (excludes halogenated alkanes) is 6. The molecule has 0 aromatic rings. The third-order valence-corrected chi connectivity index (χ3v) is 3.98. The van der Waals surface area contributed by atoms with E-state index in [1.54, 1.807) is 0 Å². The average Bonchev–Trinajstić information content (AvgIpc) is 2.57. The summed E-state index contributed by atoms with van der Waals surface area (Å²) < 4.78 is 0. The van der Waals surface area contributed by atoms with Crippen LogP contribution >= 0.6 is 0 Å². The van der Waals surface area contributed by atoms with E-state index < -0.39 is 17.9 Å². The van der Waals surface area contributed by atoms with Gasteiger partial charge in [-0.2, -0.15) is 0 Å². The van der Waals surface area contributed by atoms with Gasteiger partial charge >= 0.3 is 11.9 Å². The predicted octanol–water partition coefficient (Wildman–Crippen LogP) is 5.75. The molecule has 0 fully saturated rings. The van der Waals surface area contributed by atoms with Crippen LogP contribution < -0.4 is 0 Å². The van der Waals surface area contributed by atoms with Gasteiger partial charge in [0.25, 0.3) is 0 Å². The Hall–Kier alpha value is -1.84. The Bertz CT molecular complexity index is 421. The number of rotatable bonds is 16. The molecule has 4 nitrogen and oxygen atoms in total. The monoisotopic (exact) mass is 350 g/mol. The van der Waals surface area contributed by atoms with Gasteiger partial charge in [-0.05, 0) is 44.9 Å². The summed E-state index contributed by atoms with van der Waals surface area (Å²) in [7, 11) is 0. The first-order valence-corrected chi connectivity index (χ1v) is 9.50. The van der Waals surface area contributed by atoms with Gasteiger partial charge < -0.3 is 10.2 Å². The van der Waals surface area contributed by atoms with Crippen molar-refractivity contribution in [2.24, 2.45) is 5.92 Å². The highest BCUT2D eigenvalue weighted by atomic mass is 16.4. The smallest absolute Gasteiger partial charge is 0.317 e. The highest BCUT2D eigenvalue weighted by Gasteiger charge is 2.24. The Morgan fingerprint density at radius 2 is 1.20 bits per heavy atom. The number of carboxylic acid groups (broad SMARTS) is 2. The minimum atomic E-state index is -1.26. The zero-order valence-electron chi connectivity index (χ0n) is 15.5. The second-order valence-corrected chi connectivity index (χ2v) is 6.25. The first-order valence-electron chi connectivity index (χ1n) is 9.50. The van der Waals surface area contributed by atoms with Crippen LogP contribution in [0.2, 0.25) is 0 Å². The minimum absolute atomic E-state index is 0.211. The van der Waals surface area contributed by atoms with Crippen molar-refractivity contribution in [3.63, 3.8) is 0 Å². The minimum Gasteiger partial charge on any atom is -0.481 e. The third-order valence-electron chi connectivity index (χ3n) is 3.98. The molecule has 0 unspecified atom stereocenters. The zero-order chi connectivity index (χ0) is 18.8. The van der Waals surface area contributed by atoms with E-state index in [1.165, 1.54) is 25.7 Å². The highest BCUT2D eigenvalue weighted by molar-refractivity contribution is 5.92. The maximum atomic E-state index is 10.7.